The maximum absolute atomic E-state index is 11.3. The van der Waals surface area contributed by atoms with Gasteiger partial charge >= 0.3 is 0 Å². The second-order valence-electron chi connectivity index (χ2n) is 2.57. The normalized spacial score (nSPS) is 9.83. The monoisotopic (exact) mass is 184 g/mol. The maximum atomic E-state index is 11.3. The van der Waals surface area contributed by atoms with Crippen LogP contribution in [0.2, 0.25) is 0 Å². The molecule has 3 nitrogen and oxygen atoms in total. The zero-order valence-corrected chi connectivity index (χ0v) is 8.07. The molecule has 66 valence electrons. The first-order valence-electron chi connectivity index (χ1n) is 3.95. The van der Waals surface area contributed by atoms with Gasteiger partial charge in [-0.1, -0.05) is 6.92 Å². The highest BCUT2D eigenvalue weighted by Gasteiger charge is 2.09. The molecule has 0 bridgehead atoms. The van der Waals surface area contributed by atoms with Crippen LogP contribution in [0.3, 0.4) is 0 Å². The van der Waals surface area contributed by atoms with Gasteiger partial charge in [-0.2, -0.15) is 4.37 Å². The van der Waals surface area contributed by atoms with Crippen molar-refractivity contribution >= 4 is 17.4 Å². The highest BCUT2D eigenvalue weighted by atomic mass is 32.1. The van der Waals surface area contributed by atoms with Crippen LogP contribution in [0, 0.1) is 6.92 Å². The number of rotatable bonds is 3. The van der Waals surface area contributed by atoms with Crippen molar-refractivity contribution in [3.05, 3.63) is 16.6 Å². The van der Waals surface area contributed by atoms with Crippen LogP contribution in [0.4, 0.5) is 0 Å². The first-order valence-corrected chi connectivity index (χ1v) is 4.78. The molecular weight excluding hydrogens is 172 g/mol. The van der Waals surface area contributed by atoms with E-state index in [0.717, 1.165) is 18.7 Å². The Bertz CT molecular complexity index is 270. The fourth-order valence-corrected chi connectivity index (χ4v) is 1.54. The Morgan fingerprint density at radius 2 is 2.50 bits per heavy atom. The van der Waals surface area contributed by atoms with Crippen LogP contribution in [0.1, 0.15) is 29.4 Å². The summed E-state index contributed by atoms with van der Waals surface area (Å²) in [4.78, 5) is 11.3. The predicted molar refractivity (Wildman–Crippen MR) is 49.5 cm³/mol. The number of carbonyl (C=O) groups is 1. The first-order chi connectivity index (χ1) is 5.75. The quantitative estimate of drug-likeness (QED) is 0.775. The summed E-state index contributed by atoms with van der Waals surface area (Å²) in [5, 5.41) is 4.58. The van der Waals surface area contributed by atoms with Crippen LogP contribution >= 0.6 is 11.5 Å². The SMILES string of the molecule is CCCNC(=O)c1csnc1C. The molecule has 1 heterocycles. The number of nitrogens with zero attached hydrogens (tertiary/aromatic N) is 1. The topological polar surface area (TPSA) is 42.0 Å². The van der Waals surface area contributed by atoms with E-state index in [0.29, 0.717) is 5.56 Å². The minimum Gasteiger partial charge on any atom is -0.352 e. The van der Waals surface area contributed by atoms with Gasteiger partial charge in [0.1, 0.15) is 0 Å². The lowest BCUT2D eigenvalue weighted by molar-refractivity contribution is 0.0953. The molecule has 0 spiro atoms. The van der Waals surface area contributed by atoms with Crippen LogP contribution in [0.25, 0.3) is 0 Å². The maximum Gasteiger partial charge on any atom is 0.254 e. The Morgan fingerprint density at radius 1 is 1.75 bits per heavy atom. The Hall–Kier alpha value is -0.900. The molecular formula is C8H12N2OS. The molecule has 1 rings (SSSR count). The number of hydrogen-bond donors (Lipinski definition) is 1. The Morgan fingerprint density at radius 3 is 3.00 bits per heavy atom. The number of hydrogen-bond acceptors (Lipinski definition) is 3. The van der Waals surface area contributed by atoms with E-state index in [9.17, 15) is 4.79 Å². The van der Waals surface area contributed by atoms with Gasteiger partial charge in [0.2, 0.25) is 0 Å². The summed E-state index contributed by atoms with van der Waals surface area (Å²) >= 11 is 1.32. The zero-order valence-electron chi connectivity index (χ0n) is 7.26. The number of aryl methyl sites for hydroxylation is 1. The molecule has 0 aliphatic carbocycles. The number of carbonyl (C=O) groups excluding carboxylic acids is 1. The molecule has 1 aromatic rings. The zero-order chi connectivity index (χ0) is 8.97. The second-order valence-corrected chi connectivity index (χ2v) is 3.20. The van der Waals surface area contributed by atoms with Gasteiger partial charge in [-0.15, -0.1) is 0 Å². The van der Waals surface area contributed by atoms with Crippen LogP contribution in [-0.4, -0.2) is 16.8 Å². The fourth-order valence-electron chi connectivity index (χ4n) is 0.844. The molecule has 0 aliphatic heterocycles. The lowest BCUT2D eigenvalue weighted by Gasteiger charge is -2.00. The standard InChI is InChI=1S/C8H12N2OS/c1-3-4-9-8(11)7-5-12-10-6(7)2/h5H,3-4H2,1-2H3,(H,9,11). The Balaban J connectivity index is 2.59. The van der Waals surface area contributed by atoms with Crippen molar-refractivity contribution in [1.29, 1.82) is 0 Å². The van der Waals surface area contributed by atoms with E-state index >= 15 is 0 Å². The molecule has 0 aromatic carbocycles. The summed E-state index contributed by atoms with van der Waals surface area (Å²) in [5.41, 5.74) is 1.52. The van der Waals surface area contributed by atoms with Crippen LogP contribution in [0.15, 0.2) is 5.38 Å². The van der Waals surface area contributed by atoms with Crippen molar-refractivity contribution in [3.8, 4) is 0 Å². The minimum atomic E-state index is -0.0110. The van der Waals surface area contributed by atoms with Gasteiger partial charge in [0.15, 0.2) is 0 Å². The van der Waals surface area contributed by atoms with Gasteiger partial charge in [-0.05, 0) is 24.9 Å². The third-order valence-electron chi connectivity index (χ3n) is 1.53. The molecule has 4 heteroatoms. The third kappa shape index (κ3) is 2.04. The molecule has 0 radical (unpaired) electrons. The lowest BCUT2D eigenvalue weighted by atomic mass is 10.2. The summed E-state index contributed by atoms with van der Waals surface area (Å²) in [6.07, 6.45) is 0.961. The van der Waals surface area contributed by atoms with Crippen molar-refractivity contribution in [2.75, 3.05) is 6.54 Å². The molecule has 0 saturated carbocycles. The van der Waals surface area contributed by atoms with E-state index in [-0.39, 0.29) is 5.91 Å². The number of aromatic nitrogens is 1. The largest absolute Gasteiger partial charge is 0.352 e. The average molecular weight is 184 g/mol. The molecule has 0 atom stereocenters. The predicted octanol–water partition coefficient (Wildman–Crippen LogP) is 1.59. The van der Waals surface area contributed by atoms with E-state index in [4.69, 9.17) is 0 Å². The molecule has 12 heavy (non-hydrogen) atoms. The summed E-state index contributed by atoms with van der Waals surface area (Å²) in [7, 11) is 0. The summed E-state index contributed by atoms with van der Waals surface area (Å²) < 4.78 is 4.03. The van der Waals surface area contributed by atoms with Crippen molar-refractivity contribution in [2.24, 2.45) is 0 Å². The highest BCUT2D eigenvalue weighted by Crippen LogP contribution is 2.08. The smallest absolute Gasteiger partial charge is 0.254 e. The van der Waals surface area contributed by atoms with E-state index in [1.807, 2.05) is 13.8 Å². The molecule has 1 amide bonds. The van der Waals surface area contributed by atoms with Crippen molar-refractivity contribution in [2.45, 2.75) is 20.3 Å². The van der Waals surface area contributed by atoms with Crippen LogP contribution in [-0.2, 0) is 0 Å². The third-order valence-corrected chi connectivity index (χ3v) is 2.25. The van der Waals surface area contributed by atoms with Crippen LogP contribution in [0.5, 0.6) is 0 Å². The van der Waals surface area contributed by atoms with Gasteiger partial charge < -0.3 is 5.32 Å². The molecule has 0 fully saturated rings. The van der Waals surface area contributed by atoms with E-state index in [2.05, 4.69) is 9.69 Å². The Labute approximate surface area is 76.0 Å². The van der Waals surface area contributed by atoms with Crippen LogP contribution < -0.4 is 5.32 Å². The van der Waals surface area contributed by atoms with E-state index in [1.165, 1.54) is 11.5 Å². The molecule has 0 unspecified atom stereocenters. The summed E-state index contributed by atoms with van der Waals surface area (Å²) in [6.45, 7) is 4.60. The van der Waals surface area contributed by atoms with E-state index in [1.54, 1.807) is 5.38 Å². The van der Waals surface area contributed by atoms with E-state index < -0.39 is 0 Å². The lowest BCUT2D eigenvalue weighted by Crippen LogP contribution is -2.24. The fraction of sp³-hybridized carbons (Fsp3) is 0.500. The minimum absolute atomic E-state index is 0.0110. The molecule has 0 saturated heterocycles. The van der Waals surface area contributed by atoms with Crippen molar-refractivity contribution in [1.82, 2.24) is 9.69 Å². The first kappa shape index (κ1) is 9.19. The second kappa shape index (κ2) is 4.21. The van der Waals surface area contributed by atoms with Gasteiger partial charge in [-0.3, -0.25) is 4.79 Å². The summed E-state index contributed by atoms with van der Waals surface area (Å²) in [5.74, 6) is -0.0110. The number of nitrogens with one attached hydrogen (secondary N) is 1. The number of amides is 1. The van der Waals surface area contributed by atoms with Gasteiger partial charge in [0, 0.05) is 11.9 Å². The molecule has 0 aliphatic rings. The van der Waals surface area contributed by atoms with Gasteiger partial charge in [0.25, 0.3) is 5.91 Å². The van der Waals surface area contributed by atoms with Crippen molar-refractivity contribution < 1.29 is 4.79 Å². The highest BCUT2D eigenvalue weighted by molar-refractivity contribution is 7.03. The average Bonchev–Trinajstić information content (AvgIpc) is 2.47. The molecule has 1 N–H and O–H groups in total. The van der Waals surface area contributed by atoms with Crippen molar-refractivity contribution in [3.63, 3.8) is 0 Å². The summed E-state index contributed by atoms with van der Waals surface area (Å²) in [6, 6.07) is 0. The molecule has 1 aromatic heterocycles. The Kier molecular flexibility index (Phi) is 3.22. The van der Waals surface area contributed by atoms with Gasteiger partial charge in [-0.25, -0.2) is 0 Å². The van der Waals surface area contributed by atoms with Gasteiger partial charge in [0.05, 0.1) is 11.3 Å².